The van der Waals surface area contributed by atoms with Gasteiger partial charge < -0.3 is 10.2 Å². The van der Waals surface area contributed by atoms with Crippen LogP contribution in [0.2, 0.25) is 0 Å². The molecule has 1 aromatic rings. The summed E-state index contributed by atoms with van der Waals surface area (Å²) in [6, 6.07) is 4.33. The van der Waals surface area contributed by atoms with Crippen LogP contribution in [0.3, 0.4) is 0 Å². The molecule has 0 bridgehead atoms. The molecule has 1 unspecified atom stereocenters. The summed E-state index contributed by atoms with van der Waals surface area (Å²) < 4.78 is 13.4. The van der Waals surface area contributed by atoms with Crippen LogP contribution in [0.25, 0.3) is 0 Å². The predicted octanol–water partition coefficient (Wildman–Crippen LogP) is 1.06. The van der Waals surface area contributed by atoms with Gasteiger partial charge in [0.1, 0.15) is 11.9 Å². The van der Waals surface area contributed by atoms with E-state index in [1.54, 1.807) is 26.2 Å². The predicted molar refractivity (Wildman–Crippen MR) is 51.6 cm³/mol. The second kappa shape index (κ2) is 3.06. The third kappa shape index (κ3) is 1.04. The maximum Gasteiger partial charge on any atom is 0.248 e. The van der Waals surface area contributed by atoms with Crippen LogP contribution < -0.4 is 10.2 Å². The van der Waals surface area contributed by atoms with Crippen LogP contribution in [0.4, 0.5) is 10.1 Å². The summed E-state index contributed by atoms with van der Waals surface area (Å²) in [5.74, 6) is -0.469. The monoisotopic (exact) mass is 194 g/mol. The molecular formula is C10H11FN2O. The molecule has 1 aliphatic heterocycles. The van der Waals surface area contributed by atoms with Crippen LogP contribution in [0.15, 0.2) is 18.2 Å². The molecule has 0 radical (unpaired) electrons. The highest BCUT2D eigenvalue weighted by molar-refractivity contribution is 6.04. The molecule has 74 valence electrons. The van der Waals surface area contributed by atoms with E-state index in [1.807, 2.05) is 0 Å². The number of carbonyl (C=O) groups is 1. The molecular weight excluding hydrogens is 183 g/mol. The smallest absolute Gasteiger partial charge is 0.248 e. The molecule has 0 aliphatic carbocycles. The summed E-state index contributed by atoms with van der Waals surface area (Å²) in [6.45, 7) is 0. The highest BCUT2D eigenvalue weighted by Crippen LogP contribution is 2.36. The third-order valence-corrected chi connectivity index (χ3v) is 2.53. The molecule has 0 saturated carbocycles. The van der Waals surface area contributed by atoms with Crippen molar-refractivity contribution in [1.82, 2.24) is 5.32 Å². The van der Waals surface area contributed by atoms with E-state index in [1.165, 1.54) is 11.0 Å². The maximum absolute atomic E-state index is 13.4. The van der Waals surface area contributed by atoms with Crippen molar-refractivity contribution < 1.29 is 9.18 Å². The van der Waals surface area contributed by atoms with Gasteiger partial charge in [0.15, 0.2) is 0 Å². The van der Waals surface area contributed by atoms with Crippen molar-refractivity contribution in [2.24, 2.45) is 0 Å². The van der Waals surface area contributed by atoms with E-state index in [-0.39, 0.29) is 11.7 Å². The van der Waals surface area contributed by atoms with Gasteiger partial charge in [-0.3, -0.25) is 4.79 Å². The van der Waals surface area contributed by atoms with Gasteiger partial charge in [-0.25, -0.2) is 4.39 Å². The molecule has 1 heterocycles. The minimum absolute atomic E-state index is 0.118. The number of nitrogens with one attached hydrogen (secondary N) is 1. The lowest BCUT2D eigenvalue weighted by Crippen LogP contribution is -2.30. The number of fused-ring (bicyclic) bond motifs is 1. The summed E-state index contributed by atoms with van der Waals surface area (Å²) in [4.78, 5) is 13.0. The Morgan fingerprint density at radius 1 is 1.50 bits per heavy atom. The molecule has 1 aromatic carbocycles. The number of amides is 1. The Morgan fingerprint density at radius 2 is 2.21 bits per heavy atom. The first-order valence-corrected chi connectivity index (χ1v) is 4.40. The third-order valence-electron chi connectivity index (χ3n) is 2.53. The Labute approximate surface area is 81.5 Å². The number of anilines is 1. The number of halogens is 1. The normalized spacial score (nSPS) is 20.1. The average Bonchev–Trinajstić information content (AvgIpc) is 2.41. The molecule has 0 spiro atoms. The first-order valence-electron chi connectivity index (χ1n) is 4.40. The molecule has 0 fully saturated rings. The fourth-order valence-electron chi connectivity index (χ4n) is 1.83. The number of hydrogen-bond acceptors (Lipinski definition) is 2. The quantitative estimate of drug-likeness (QED) is 0.725. The summed E-state index contributed by atoms with van der Waals surface area (Å²) in [5.41, 5.74) is 1.09. The molecule has 1 aliphatic rings. The van der Waals surface area contributed by atoms with Crippen LogP contribution in [-0.4, -0.2) is 20.0 Å². The van der Waals surface area contributed by atoms with E-state index in [2.05, 4.69) is 5.32 Å². The summed E-state index contributed by atoms with van der Waals surface area (Å²) in [7, 11) is 3.28. The van der Waals surface area contributed by atoms with Crippen LogP contribution in [0.5, 0.6) is 0 Å². The van der Waals surface area contributed by atoms with Crippen LogP contribution in [-0.2, 0) is 4.79 Å². The van der Waals surface area contributed by atoms with Gasteiger partial charge >= 0.3 is 0 Å². The second-order valence-corrected chi connectivity index (χ2v) is 3.30. The fourth-order valence-corrected chi connectivity index (χ4v) is 1.83. The number of para-hydroxylation sites is 1. The molecule has 3 nitrogen and oxygen atoms in total. The van der Waals surface area contributed by atoms with Gasteiger partial charge in [0.25, 0.3) is 0 Å². The largest absolute Gasteiger partial charge is 0.311 e. The zero-order valence-corrected chi connectivity index (χ0v) is 8.04. The standard InChI is InChI=1S/C10H11FN2O/c1-12-8-6-4-3-5-7(11)9(6)13(2)10(8)14/h3-5,8,12H,1-2H3. The van der Waals surface area contributed by atoms with E-state index >= 15 is 0 Å². The van der Waals surface area contributed by atoms with Gasteiger partial charge in [0.2, 0.25) is 5.91 Å². The first kappa shape index (κ1) is 9.15. The Bertz CT molecular complexity index is 392. The van der Waals surface area contributed by atoms with Crippen molar-refractivity contribution in [3.8, 4) is 0 Å². The van der Waals surface area contributed by atoms with Crippen LogP contribution >= 0.6 is 0 Å². The van der Waals surface area contributed by atoms with E-state index < -0.39 is 6.04 Å². The van der Waals surface area contributed by atoms with Gasteiger partial charge in [-0.1, -0.05) is 12.1 Å². The van der Waals surface area contributed by atoms with E-state index in [0.29, 0.717) is 11.3 Å². The highest BCUT2D eigenvalue weighted by Gasteiger charge is 2.35. The van der Waals surface area contributed by atoms with Crippen LogP contribution in [0.1, 0.15) is 11.6 Å². The Morgan fingerprint density at radius 3 is 2.86 bits per heavy atom. The number of rotatable bonds is 1. The van der Waals surface area contributed by atoms with Crippen molar-refractivity contribution >= 4 is 11.6 Å². The molecule has 1 N–H and O–H groups in total. The number of nitrogens with zero attached hydrogens (tertiary/aromatic N) is 1. The fraction of sp³-hybridized carbons (Fsp3) is 0.300. The molecule has 0 aromatic heterocycles. The lowest BCUT2D eigenvalue weighted by atomic mass is 10.1. The van der Waals surface area contributed by atoms with E-state index in [0.717, 1.165) is 0 Å². The minimum Gasteiger partial charge on any atom is -0.311 e. The zero-order chi connectivity index (χ0) is 10.3. The van der Waals surface area contributed by atoms with Crippen molar-refractivity contribution in [1.29, 1.82) is 0 Å². The lowest BCUT2D eigenvalue weighted by molar-refractivity contribution is -0.119. The average molecular weight is 194 g/mol. The van der Waals surface area contributed by atoms with E-state index in [9.17, 15) is 9.18 Å². The van der Waals surface area contributed by atoms with Crippen molar-refractivity contribution in [3.63, 3.8) is 0 Å². The molecule has 1 amide bonds. The topological polar surface area (TPSA) is 32.3 Å². The number of benzene rings is 1. The number of carbonyl (C=O) groups excluding carboxylic acids is 1. The zero-order valence-electron chi connectivity index (χ0n) is 8.04. The molecule has 14 heavy (non-hydrogen) atoms. The van der Waals surface area contributed by atoms with E-state index in [4.69, 9.17) is 0 Å². The van der Waals surface area contributed by atoms with Gasteiger partial charge in [-0.05, 0) is 13.1 Å². The van der Waals surface area contributed by atoms with Crippen molar-refractivity contribution in [2.45, 2.75) is 6.04 Å². The molecule has 2 rings (SSSR count). The minimum atomic E-state index is -0.411. The second-order valence-electron chi connectivity index (χ2n) is 3.30. The van der Waals surface area contributed by atoms with Crippen LogP contribution in [0, 0.1) is 5.82 Å². The van der Waals surface area contributed by atoms with Gasteiger partial charge in [0.05, 0.1) is 5.69 Å². The number of hydrogen-bond donors (Lipinski definition) is 1. The highest BCUT2D eigenvalue weighted by atomic mass is 19.1. The Kier molecular flexibility index (Phi) is 2.00. The van der Waals surface area contributed by atoms with Crippen molar-refractivity contribution in [3.05, 3.63) is 29.6 Å². The summed E-state index contributed by atoms with van der Waals surface area (Å²) >= 11 is 0. The van der Waals surface area contributed by atoms with Gasteiger partial charge in [-0.2, -0.15) is 0 Å². The lowest BCUT2D eigenvalue weighted by Gasteiger charge is -2.10. The van der Waals surface area contributed by atoms with Crippen molar-refractivity contribution in [2.75, 3.05) is 19.0 Å². The first-order chi connectivity index (χ1) is 6.66. The summed E-state index contributed by atoms with van der Waals surface area (Å²) in [5, 5.41) is 2.87. The molecule has 0 saturated heterocycles. The number of likely N-dealkylation sites (N-methyl/N-ethyl adjacent to an activating group) is 2. The summed E-state index contributed by atoms with van der Waals surface area (Å²) in [6.07, 6.45) is 0. The maximum atomic E-state index is 13.4. The Hall–Kier alpha value is -1.42. The Balaban J connectivity index is 2.61. The van der Waals surface area contributed by atoms with Gasteiger partial charge in [-0.15, -0.1) is 0 Å². The molecule has 4 heteroatoms. The SMILES string of the molecule is CNC1C(=O)N(C)c2c(F)cccc21. The molecule has 1 atom stereocenters. The van der Waals surface area contributed by atoms with Gasteiger partial charge in [0, 0.05) is 12.6 Å².